The Kier molecular flexibility index (Phi) is 5.21. The van der Waals surface area contributed by atoms with Gasteiger partial charge in [0.05, 0.1) is 0 Å². The van der Waals surface area contributed by atoms with Crippen molar-refractivity contribution < 1.29 is 32.2 Å². The number of benzene rings is 1. The van der Waals surface area contributed by atoms with Crippen LogP contribution in [-0.2, 0) is 6.61 Å². The van der Waals surface area contributed by atoms with Crippen LogP contribution in [0.4, 0.5) is 13.2 Å². The Morgan fingerprint density at radius 3 is 2.63 bits per heavy atom. The first-order chi connectivity index (χ1) is 12.6. The predicted octanol–water partition coefficient (Wildman–Crippen LogP) is 3.94. The molecule has 6 nitrogen and oxygen atoms in total. The molecule has 0 saturated carbocycles. The molecule has 0 radical (unpaired) electrons. The molecule has 0 unspecified atom stereocenters. The van der Waals surface area contributed by atoms with Crippen LogP contribution in [-0.4, -0.2) is 33.6 Å². The van der Waals surface area contributed by atoms with E-state index in [0.717, 1.165) is 3.57 Å². The molecule has 1 aliphatic heterocycles. The monoisotopic (exact) mass is 494 g/mol. The molecule has 10 heteroatoms. The maximum absolute atomic E-state index is 13.2. The van der Waals surface area contributed by atoms with Gasteiger partial charge >= 0.3 is 12.1 Å². The molecule has 0 aliphatic carbocycles. The van der Waals surface area contributed by atoms with Crippen molar-refractivity contribution in [1.29, 1.82) is 0 Å². The molecule has 0 fully saturated rings. The second kappa shape index (κ2) is 7.15. The number of halogens is 4. The summed E-state index contributed by atoms with van der Waals surface area (Å²) in [7, 11) is 0. The molecule has 1 aromatic heterocycles. The Labute approximate surface area is 165 Å². The Balaban J connectivity index is 1.73. The van der Waals surface area contributed by atoms with Crippen LogP contribution >= 0.6 is 22.6 Å². The normalized spacial score (nSPS) is 19.9. The van der Waals surface area contributed by atoms with E-state index in [1.807, 2.05) is 12.1 Å². The summed E-state index contributed by atoms with van der Waals surface area (Å²) < 4.78 is 51.5. The molecular formula is C17H14F3IN2O4. The molecule has 1 aromatic carbocycles. The van der Waals surface area contributed by atoms with Gasteiger partial charge < -0.3 is 14.3 Å². The number of furan rings is 1. The first-order valence-electron chi connectivity index (χ1n) is 7.75. The SMILES string of the molecule is CC1=NN(C(=O)c2ccc(COc3ccc(I)cc3)o2)[C@@](O)(C(F)(F)F)C1. The van der Waals surface area contributed by atoms with Crippen molar-refractivity contribution in [2.75, 3.05) is 0 Å². The maximum Gasteiger partial charge on any atom is 0.438 e. The standard InChI is InChI=1S/C17H14F3IN2O4/c1-10-8-16(25,17(18,19)20)23(22-10)15(24)14-7-6-13(27-14)9-26-12-4-2-11(21)3-5-12/h2-7,25H,8-9H2,1H3/t16-/m0/s1. The summed E-state index contributed by atoms with van der Waals surface area (Å²) in [6.07, 6.45) is -5.88. The molecule has 2 heterocycles. The first kappa shape index (κ1) is 19.7. The molecule has 1 amide bonds. The number of carbonyl (C=O) groups excluding carboxylic acids is 1. The summed E-state index contributed by atoms with van der Waals surface area (Å²) in [5, 5.41) is 13.5. The average Bonchev–Trinajstić information content (AvgIpc) is 3.18. The Morgan fingerprint density at radius 2 is 2.00 bits per heavy atom. The highest BCUT2D eigenvalue weighted by atomic mass is 127. The topological polar surface area (TPSA) is 75.3 Å². The van der Waals surface area contributed by atoms with E-state index >= 15 is 0 Å². The van der Waals surface area contributed by atoms with Crippen molar-refractivity contribution in [2.24, 2.45) is 5.10 Å². The summed E-state index contributed by atoms with van der Waals surface area (Å²) in [5.41, 5.74) is -3.41. The molecule has 0 bridgehead atoms. The maximum atomic E-state index is 13.2. The number of hydrazone groups is 1. The quantitative estimate of drug-likeness (QED) is 0.654. The van der Waals surface area contributed by atoms with Crippen LogP contribution in [0.3, 0.4) is 0 Å². The molecule has 2 aromatic rings. The van der Waals surface area contributed by atoms with Gasteiger partial charge in [-0.05, 0) is 65.9 Å². The van der Waals surface area contributed by atoms with Crippen LogP contribution in [0.2, 0.25) is 0 Å². The molecule has 1 N–H and O–H groups in total. The minimum absolute atomic E-state index is 0.0142. The highest BCUT2D eigenvalue weighted by Crippen LogP contribution is 2.40. The van der Waals surface area contributed by atoms with Crippen molar-refractivity contribution in [3.05, 3.63) is 51.5 Å². The zero-order valence-corrected chi connectivity index (χ0v) is 16.1. The minimum Gasteiger partial charge on any atom is -0.486 e. The van der Waals surface area contributed by atoms with E-state index in [2.05, 4.69) is 27.7 Å². The summed E-state index contributed by atoms with van der Waals surface area (Å²) in [6.45, 7) is 1.28. The van der Waals surface area contributed by atoms with Crippen LogP contribution in [0.25, 0.3) is 0 Å². The summed E-state index contributed by atoms with van der Waals surface area (Å²) in [5.74, 6) is -0.747. The number of carbonyl (C=O) groups is 1. The van der Waals surface area contributed by atoms with E-state index < -0.39 is 24.2 Å². The van der Waals surface area contributed by atoms with Gasteiger partial charge in [-0.1, -0.05) is 0 Å². The zero-order chi connectivity index (χ0) is 19.8. The fourth-order valence-electron chi connectivity index (χ4n) is 2.51. The Hall–Kier alpha value is -2.08. The van der Waals surface area contributed by atoms with Gasteiger partial charge in [-0.3, -0.25) is 4.79 Å². The first-order valence-corrected chi connectivity index (χ1v) is 8.83. The van der Waals surface area contributed by atoms with E-state index in [4.69, 9.17) is 9.15 Å². The van der Waals surface area contributed by atoms with Crippen molar-refractivity contribution in [3.8, 4) is 5.75 Å². The number of amides is 1. The number of hydrogen-bond acceptors (Lipinski definition) is 5. The fourth-order valence-corrected chi connectivity index (χ4v) is 2.87. The fraction of sp³-hybridized carbons (Fsp3) is 0.294. The third kappa shape index (κ3) is 3.95. The molecular weight excluding hydrogens is 480 g/mol. The van der Waals surface area contributed by atoms with Crippen molar-refractivity contribution in [3.63, 3.8) is 0 Å². The van der Waals surface area contributed by atoms with Gasteiger partial charge in [-0.2, -0.15) is 23.3 Å². The van der Waals surface area contributed by atoms with Crippen LogP contribution in [0, 0.1) is 3.57 Å². The highest BCUT2D eigenvalue weighted by Gasteiger charge is 2.63. The lowest BCUT2D eigenvalue weighted by molar-refractivity contribution is -0.297. The van der Waals surface area contributed by atoms with Gasteiger partial charge in [0.25, 0.3) is 5.72 Å². The number of aliphatic hydroxyl groups is 1. The summed E-state index contributed by atoms with van der Waals surface area (Å²) in [4.78, 5) is 12.4. The zero-order valence-electron chi connectivity index (χ0n) is 14.0. The molecule has 27 heavy (non-hydrogen) atoms. The van der Waals surface area contributed by atoms with Gasteiger partial charge in [0.2, 0.25) is 0 Å². The summed E-state index contributed by atoms with van der Waals surface area (Å²) >= 11 is 2.15. The molecule has 0 spiro atoms. The van der Waals surface area contributed by atoms with Crippen LogP contribution < -0.4 is 4.74 Å². The van der Waals surface area contributed by atoms with E-state index in [0.29, 0.717) is 5.75 Å². The number of alkyl halides is 3. The highest BCUT2D eigenvalue weighted by molar-refractivity contribution is 14.1. The van der Waals surface area contributed by atoms with Gasteiger partial charge in [-0.25, -0.2) is 0 Å². The van der Waals surface area contributed by atoms with Gasteiger partial charge in [0, 0.05) is 15.7 Å². The number of ether oxygens (including phenoxy) is 1. The van der Waals surface area contributed by atoms with Crippen LogP contribution in [0.1, 0.15) is 29.7 Å². The molecule has 3 rings (SSSR count). The van der Waals surface area contributed by atoms with Gasteiger partial charge in [-0.15, -0.1) is 0 Å². The van der Waals surface area contributed by atoms with Gasteiger partial charge in [0.15, 0.2) is 5.76 Å². The van der Waals surface area contributed by atoms with Crippen molar-refractivity contribution in [2.45, 2.75) is 31.9 Å². The van der Waals surface area contributed by atoms with Crippen LogP contribution in [0.5, 0.6) is 5.75 Å². The van der Waals surface area contributed by atoms with E-state index in [1.165, 1.54) is 19.1 Å². The molecule has 1 atom stereocenters. The molecule has 0 saturated heterocycles. The van der Waals surface area contributed by atoms with E-state index in [1.54, 1.807) is 12.1 Å². The second-order valence-corrected chi connectivity index (χ2v) is 7.20. The van der Waals surface area contributed by atoms with E-state index in [-0.39, 0.29) is 28.8 Å². The van der Waals surface area contributed by atoms with Crippen molar-refractivity contribution >= 4 is 34.2 Å². The number of hydrogen-bond donors (Lipinski definition) is 1. The Morgan fingerprint density at radius 1 is 1.33 bits per heavy atom. The smallest absolute Gasteiger partial charge is 0.438 e. The second-order valence-electron chi connectivity index (χ2n) is 5.95. The molecule has 1 aliphatic rings. The third-order valence-electron chi connectivity index (χ3n) is 3.84. The lowest BCUT2D eigenvalue weighted by atomic mass is 10.1. The summed E-state index contributed by atoms with van der Waals surface area (Å²) in [6, 6.07) is 9.83. The largest absolute Gasteiger partial charge is 0.486 e. The number of rotatable bonds is 4. The van der Waals surface area contributed by atoms with Gasteiger partial charge in [0.1, 0.15) is 18.1 Å². The van der Waals surface area contributed by atoms with E-state index in [9.17, 15) is 23.1 Å². The number of nitrogens with zero attached hydrogens (tertiary/aromatic N) is 2. The third-order valence-corrected chi connectivity index (χ3v) is 4.56. The molecule has 144 valence electrons. The predicted molar refractivity (Wildman–Crippen MR) is 97.1 cm³/mol. The van der Waals surface area contributed by atoms with Crippen LogP contribution in [0.15, 0.2) is 45.9 Å². The van der Waals surface area contributed by atoms with Crippen molar-refractivity contribution in [1.82, 2.24) is 5.01 Å². The minimum atomic E-state index is -5.06. The Bertz CT molecular complexity index is 879. The lowest BCUT2D eigenvalue weighted by Gasteiger charge is -2.32. The average molecular weight is 494 g/mol. The lowest BCUT2D eigenvalue weighted by Crippen LogP contribution is -2.56.